The summed E-state index contributed by atoms with van der Waals surface area (Å²) in [6, 6.07) is 17.3. The van der Waals surface area contributed by atoms with Crippen LogP contribution in [0.4, 0.5) is 27.1 Å². The predicted octanol–water partition coefficient (Wildman–Crippen LogP) is 5.38. The van der Waals surface area contributed by atoms with Crippen LogP contribution in [0.3, 0.4) is 0 Å². The van der Waals surface area contributed by atoms with E-state index in [-0.39, 0.29) is 29.5 Å². The molecule has 0 bridgehead atoms. The van der Waals surface area contributed by atoms with Crippen LogP contribution in [0.25, 0.3) is 0 Å². The smallest absolute Gasteiger partial charge is 0.228 e. The third kappa shape index (κ3) is 5.55. The van der Waals surface area contributed by atoms with Crippen LogP contribution in [0, 0.1) is 5.82 Å². The van der Waals surface area contributed by atoms with Crippen LogP contribution >= 0.6 is 11.6 Å². The average molecular weight is 481 g/mol. The highest BCUT2D eigenvalue weighted by Crippen LogP contribution is 2.31. The van der Waals surface area contributed by atoms with Gasteiger partial charge in [-0.15, -0.1) is 0 Å². The second kappa shape index (κ2) is 10.7. The zero-order valence-corrected chi connectivity index (χ0v) is 19.4. The number of nitrogens with two attached hydrogens (primary N) is 1. The van der Waals surface area contributed by atoms with E-state index in [1.807, 2.05) is 24.3 Å². The van der Waals surface area contributed by atoms with Gasteiger partial charge in [0.25, 0.3) is 0 Å². The van der Waals surface area contributed by atoms with Crippen molar-refractivity contribution in [1.82, 2.24) is 0 Å². The summed E-state index contributed by atoms with van der Waals surface area (Å²) in [5.41, 5.74) is 8.97. The highest BCUT2D eigenvalue weighted by molar-refractivity contribution is 6.34. The van der Waals surface area contributed by atoms with E-state index < -0.39 is 5.82 Å². The molecule has 8 heteroatoms. The monoisotopic (exact) mass is 480 g/mol. The molecule has 3 aromatic rings. The van der Waals surface area contributed by atoms with Crippen LogP contribution in [-0.2, 0) is 22.6 Å². The molecule has 1 aliphatic rings. The number of nitrogens with zero attached hydrogens (tertiary/aromatic N) is 1. The normalized spacial score (nSPS) is 13.6. The van der Waals surface area contributed by atoms with E-state index in [0.29, 0.717) is 41.6 Å². The maximum Gasteiger partial charge on any atom is 0.228 e. The molecule has 0 radical (unpaired) electrons. The van der Waals surface area contributed by atoms with Crippen molar-refractivity contribution < 1.29 is 14.0 Å². The summed E-state index contributed by atoms with van der Waals surface area (Å²) >= 11 is 6.39. The number of halogens is 2. The van der Waals surface area contributed by atoms with E-state index in [1.54, 1.807) is 41.3 Å². The summed E-state index contributed by atoms with van der Waals surface area (Å²) in [5, 5.41) is 6.18. The molecule has 1 heterocycles. The number of amides is 2. The second-order valence-electron chi connectivity index (χ2n) is 8.20. The maximum atomic E-state index is 15.1. The number of carbonyl (C=O) groups excluding carboxylic acids is 2. The van der Waals surface area contributed by atoms with Crippen molar-refractivity contribution in [3.05, 3.63) is 82.6 Å². The largest absolute Gasteiger partial charge is 0.353 e. The van der Waals surface area contributed by atoms with Gasteiger partial charge in [0.1, 0.15) is 5.82 Å². The minimum Gasteiger partial charge on any atom is -0.353 e. The van der Waals surface area contributed by atoms with Crippen LogP contribution in [0.15, 0.2) is 60.7 Å². The molecule has 0 atom stereocenters. The van der Waals surface area contributed by atoms with Crippen molar-refractivity contribution in [1.29, 1.82) is 0 Å². The van der Waals surface area contributed by atoms with Crippen molar-refractivity contribution >= 4 is 46.2 Å². The van der Waals surface area contributed by atoms with Crippen LogP contribution in [0.5, 0.6) is 0 Å². The summed E-state index contributed by atoms with van der Waals surface area (Å²) in [6.45, 7) is 1.02. The molecule has 3 aromatic carbocycles. The van der Waals surface area contributed by atoms with Gasteiger partial charge in [0.05, 0.1) is 22.8 Å². The lowest BCUT2D eigenvalue weighted by atomic mass is 10.1. The molecule has 0 unspecified atom stereocenters. The fourth-order valence-electron chi connectivity index (χ4n) is 3.99. The average Bonchev–Trinajstić information content (AvgIpc) is 2.82. The van der Waals surface area contributed by atoms with Gasteiger partial charge in [-0.3, -0.25) is 9.59 Å². The zero-order valence-electron chi connectivity index (χ0n) is 18.6. The van der Waals surface area contributed by atoms with Gasteiger partial charge >= 0.3 is 0 Å². The van der Waals surface area contributed by atoms with Crippen LogP contribution in [0.2, 0.25) is 5.02 Å². The van der Waals surface area contributed by atoms with E-state index in [1.165, 1.54) is 0 Å². The molecule has 4 rings (SSSR count). The first-order valence-electron chi connectivity index (χ1n) is 11.2. The molecule has 1 fully saturated rings. The standard InChI is InChI=1S/C26H26ClFN4O2/c27-21-15-20(10-11-23(21)32-12-2-1-9-25(32)34)31-24(33)14-18-6-4-8-22(26(18)28)30-19-7-3-5-17(13-19)16-29/h3-8,10-11,13,15,30H,1-2,9,12,14,16,29H2,(H,31,33). The first-order valence-corrected chi connectivity index (χ1v) is 11.6. The topological polar surface area (TPSA) is 87.5 Å². The minimum atomic E-state index is -0.493. The maximum absolute atomic E-state index is 15.1. The first kappa shape index (κ1) is 23.7. The SMILES string of the molecule is NCc1cccc(Nc2cccc(CC(=O)Nc3ccc(N4CCCCC4=O)c(Cl)c3)c2F)c1. The number of rotatable bonds is 7. The molecule has 34 heavy (non-hydrogen) atoms. The Morgan fingerprint density at radius 2 is 1.88 bits per heavy atom. The Labute approximate surface area is 202 Å². The predicted molar refractivity (Wildman–Crippen MR) is 134 cm³/mol. The number of piperidine rings is 1. The summed E-state index contributed by atoms with van der Waals surface area (Å²) in [7, 11) is 0. The zero-order chi connectivity index (χ0) is 24.1. The third-order valence-electron chi connectivity index (χ3n) is 5.72. The van der Waals surface area contributed by atoms with Crippen molar-refractivity contribution in [2.24, 2.45) is 5.73 Å². The molecule has 4 N–H and O–H groups in total. The van der Waals surface area contributed by atoms with Crippen LogP contribution in [-0.4, -0.2) is 18.4 Å². The van der Waals surface area contributed by atoms with Crippen molar-refractivity contribution in [2.75, 3.05) is 22.1 Å². The Morgan fingerprint density at radius 1 is 1.06 bits per heavy atom. The number of hydrogen-bond donors (Lipinski definition) is 3. The summed E-state index contributed by atoms with van der Waals surface area (Å²) < 4.78 is 15.1. The molecular formula is C26H26ClFN4O2. The van der Waals surface area contributed by atoms with Gasteiger partial charge in [-0.05, 0) is 60.4 Å². The summed E-state index contributed by atoms with van der Waals surface area (Å²) in [4.78, 5) is 26.5. The molecule has 176 valence electrons. The van der Waals surface area contributed by atoms with Crippen molar-refractivity contribution in [3.63, 3.8) is 0 Å². The molecule has 0 aliphatic carbocycles. The van der Waals surface area contributed by atoms with Crippen LogP contribution < -0.4 is 21.3 Å². The van der Waals surface area contributed by atoms with Crippen molar-refractivity contribution in [2.45, 2.75) is 32.2 Å². The molecule has 1 aliphatic heterocycles. The number of benzene rings is 3. The third-order valence-corrected chi connectivity index (χ3v) is 6.02. The fourth-order valence-corrected chi connectivity index (χ4v) is 4.27. The molecular weight excluding hydrogens is 455 g/mol. The number of anilines is 4. The highest BCUT2D eigenvalue weighted by atomic mass is 35.5. The molecule has 1 saturated heterocycles. The molecule has 0 saturated carbocycles. The van der Waals surface area contributed by atoms with Gasteiger partial charge in [0.15, 0.2) is 0 Å². The molecule has 0 aromatic heterocycles. The van der Waals surface area contributed by atoms with Gasteiger partial charge in [0, 0.05) is 30.9 Å². The lowest BCUT2D eigenvalue weighted by molar-refractivity contribution is -0.119. The van der Waals surface area contributed by atoms with Gasteiger partial charge < -0.3 is 21.3 Å². The highest BCUT2D eigenvalue weighted by Gasteiger charge is 2.22. The molecule has 6 nitrogen and oxygen atoms in total. The summed E-state index contributed by atoms with van der Waals surface area (Å²) in [5.74, 6) is -0.824. The minimum absolute atomic E-state index is 0.0451. The number of carbonyl (C=O) groups is 2. The van der Waals surface area contributed by atoms with Gasteiger partial charge in [-0.2, -0.15) is 0 Å². The molecule has 0 spiro atoms. The number of nitrogens with one attached hydrogen (secondary N) is 2. The second-order valence-corrected chi connectivity index (χ2v) is 8.61. The Hall–Kier alpha value is -3.42. The van der Waals surface area contributed by atoms with Gasteiger partial charge in [-0.1, -0.05) is 35.9 Å². The van der Waals surface area contributed by atoms with Crippen molar-refractivity contribution in [3.8, 4) is 0 Å². The lowest BCUT2D eigenvalue weighted by Crippen LogP contribution is -2.35. The van der Waals surface area contributed by atoms with E-state index in [0.717, 1.165) is 18.4 Å². The van der Waals surface area contributed by atoms with E-state index in [2.05, 4.69) is 10.6 Å². The van der Waals surface area contributed by atoms with Gasteiger partial charge in [0.2, 0.25) is 11.8 Å². The van der Waals surface area contributed by atoms with E-state index in [4.69, 9.17) is 17.3 Å². The Morgan fingerprint density at radius 3 is 2.65 bits per heavy atom. The Balaban J connectivity index is 1.43. The quantitative estimate of drug-likeness (QED) is 0.423. The van der Waals surface area contributed by atoms with Crippen LogP contribution in [0.1, 0.15) is 30.4 Å². The molecule has 2 amide bonds. The van der Waals surface area contributed by atoms with E-state index in [9.17, 15) is 9.59 Å². The Kier molecular flexibility index (Phi) is 7.45. The Bertz CT molecular complexity index is 1220. The number of hydrogen-bond acceptors (Lipinski definition) is 4. The summed E-state index contributed by atoms with van der Waals surface area (Å²) in [6.07, 6.45) is 2.17. The van der Waals surface area contributed by atoms with Gasteiger partial charge in [-0.25, -0.2) is 4.39 Å². The first-order chi connectivity index (χ1) is 16.4. The lowest BCUT2D eigenvalue weighted by Gasteiger charge is -2.27. The fraction of sp³-hybridized carbons (Fsp3) is 0.231. The van der Waals surface area contributed by atoms with E-state index >= 15 is 4.39 Å².